The molecule has 0 saturated carbocycles. The summed E-state index contributed by atoms with van der Waals surface area (Å²) in [7, 11) is 0. The molecule has 2 N–H and O–H groups in total. The summed E-state index contributed by atoms with van der Waals surface area (Å²) < 4.78 is 42.3. The number of aliphatic hydroxyl groups is 1. The first-order chi connectivity index (χ1) is 14.0. The second-order valence-corrected chi connectivity index (χ2v) is 9.29. The van der Waals surface area contributed by atoms with Crippen LogP contribution in [0.15, 0.2) is 21.9 Å². The lowest BCUT2D eigenvalue weighted by Crippen LogP contribution is -2.34. The minimum atomic E-state index is -4.24. The number of amides is 1. The number of aromatic carboxylic acids is 1. The Morgan fingerprint density at radius 3 is 2.83 bits per heavy atom. The summed E-state index contributed by atoms with van der Waals surface area (Å²) in [4.78, 5) is 28.2. The Labute approximate surface area is 179 Å². The minimum Gasteiger partial charge on any atom is -0.476 e. The highest BCUT2D eigenvalue weighted by Gasteiger charge is 2.31. The summed E-state index contributed by atoms with van der Waals surface area (Å²) >= 11 is 2.54. The fourth-order valence-electron chi connectivity index (χ4n) is 2.79. The third-order valence-electron chi connectivity index (χ3n) is 4.36. The van der Waals surface area contributed by atoms with Crippen LogP contribution in [0.5, 0.6) is 0 Å². The van der Waals surface area contributed by atoms with Crippen molar-refractivity contribution in [3.8, 4) is 0 Å². The highest BCUT2D eigenvalue weighted by atomic mass is 32.2. The highest BCUT2D eigenvalue weighted by Crippen LogP contribution is 2.27. The number of carboxylic acids is 1. The average Bonchev–Trinajstić information content (AvgIpc) is 3.22. The third-order valence-corrected chi connectivity index (χ3v) is 6.37. The molecule has 2 rings (SSSR count). The molecule has 2 heterocycles. The van der Waals surface area contributed by atoms with E-state index in [0.717, 1.165) is 0 Å². The number of halogens is 3. The number of rotatable bonds is 11. The molecule has 7 nitrogen and oxygen atoms in total. The molecule has 1 fully saturated rings. The molecule has 1 amide bonds. The number of alkyl halides is 3. The van der Waals surface area contributed by atoms with E-state index in [1.54, 1.807) is 12.2 Å². The SMILES string of the molecule is C[C@@](O)(C/C=C/[C@H]1COC(=O)N1CCSc1nc(C(=O)O)cs1)CCCC(F)(F)F. The van der Waals surface area contributed by atoms with E-state index in [2.05, 4.69) is 4.98 Å². The molecule has 1 aromatic heterocycles. The number of carboxylic acid groups (broad SMARTS) is 1. The van der Waals surface area contributed by atoms with Crippen LogP contribution in [-0.4, -0.2) is 68.9 Å². The van der Waals surface area contributed by atoms with Crippen molar-refractivity contribution in [3.05, 3.63) is 23.2 Å². The van der Waals surface area contributed by atoms with Crippen LogP contribution in [-0.2, 0) is 4.74 Å². The van der Waals surface area contributed by atoms with Gasteiger partial charge in [0.05, 0.1) is 11.6 Å². The molecule has 168 valence electrons. The van der Waals surface area contributed by atoms with Crippen LogP contribution in [0.3, 0.4) is 0 Å². The van der Waals surface area contributed by atoms with Gasteiger partial charge in [0.15, 0.2) is 10.0 Å². The van der Waals surface area contributed by atoms with Crippen molar-refractivity contribution in [2.75, 3.05) is 18.9 Å². The summed E-state index contributed by atoms with van der Waals surface area (Å²) in [6.07, 6.45) is -2.26. The first-order valence-electron chi connectivity index (χ1n) is 9.18. The van der Waals surface area contributed by atoms with E-state index in [9.17, 15) is 27.9 Å². The van der Waals surface area contributed by atoms with Gasteiger partial charge in [-0.25, -0.2) is 14.6 Å². The van der Waals surface area contributed by atoms with Gasteiger partial charge >= 0.3 is 18.2 Å². The predicted octanol–water partition coefficient (Wildman–Crippen LogP) is 4.18. The maximum absolute atomic E-state index is 12.2. The molecular formula is C18H23F3N2O5S2. The van der Waals surface area contributed by atoms with Gasteiger partial charge in [-0.3, -0.25) is 4.90 Å². The summed E-state index contributed by atoms with van der Waals surface area (Å²) in [5.74, 6) is -0.609. The lowest BCUT2D eigenvalue weighted by atomic mass is 9.94. The number of hydrogen-bond donors (Lipinski definition) is 2. The van der Waals surface area contributed by atoms with Crippen LogP contribution in [0, 0.1) is 0 Å². The first kappa shape index (κ1) is 24.5. The molecule has 2 atom stereocenters. The second kappa shape index (κ2) is 10.5. The molecule has 0 aliphatic carbocycles. The van der Waals surface area contributed by atoms with E-state index in [4.69, 9.17) is 9.84 Å². The fourth-order valence-corrected chi connectivity index (χ4v) is 4.59. The smallest absolute Gasteiger partial charge is 0.410 e. The lowest BCUT2D eigenvalue weighted by molar-refractivity contribution is -0.137. The molecule has 0 radical (unpaired) electrons. The number of hydrogen-bond acceptors (Lipinski definition) is 7. The second-order valence-electron chi connectivity index (χ2n) is 7.09. The Morgan fingerprint density at radius 1 is 1.47 bits per heavy atom. The number of thiazole rings is 1. The van der Waals surface area contributed by atoms with Gasteiger partial charge in [-0.1, -0.05) is 23.9 Å². The normalized spacial score (nSPS) is 19.3. The van der Waals surface area contributed by atoms with Crippen molar-refractivity contribution in [2.24, 2.45) is 0 Å². The average molecular weight is 469 g/mol. The van der Waals surface area contributed by atoms with Crippen LogP contribution in [0.25, 0.3) is 0 Å². The largest absolute Gasteiger partial charge is 0.476 e. The van der Waals surface area contributed by atoms with Gasteiger partial charge in [-0.15, -0.1) is 11.3 Å². The first-order valence-corrected chi connectivity index (χ1v) is 11.0. The molecule has 1 aliphatic heterocycles. The molecule has 1 aliphatic rings. The summed E-state index contributed by atoms with van der Waals surface area (Å²) in [5.41, 5.74) is -1.29. The lowest BCUT2D eigenvalue weighted by Gasteiger charge is -2.22. The molecule has 0 spiro atoms. The zero-order valence-corrected chi connectivity index (χ0v) is 17.9. The van der Waals surface area contributed by atoms with E-state index in [1.807, 2.05) is 0 Å². The topological polar surface area (TPSA) is 100.0 Å². The molecule has 1 saturated heterocycles. The maximum Gasteiger partial charge on any atom is 0.410 e. The number of ether oxygens (including phenoxy) is 1. The number of aromatic nitrogens is 1. The van der Waals surface area contributed by atoms with Crippen LogP contribution in [0.2, 0.25) is 0 Å². The van der Waals surface area contributed by atoms with Gasteiger partial charge < -0.3 is 14.9 Å². The predicted molar refractivity (Wildman–Crippen MR) is 106 cm³/mol. The quantitative estimate of drug-likeness (QED) is 0.371. The molecule has 30 heavy (non-hydrogen) atoms. The van der Waals surface area contributed by atoms with Gasteiger partial charge in [-0.2, -0.15) is 13.2 Å². The van der Waals surface area contributed by atoms with Crippen molar-refractivity contribution < 1.29 is 37.7 Å². The minimum absolute atomic E-state index is 0.0173. The Balaban J connectivity index is 1.79. The van der Waals surface area contributed by atoms with E-state index < -0.39 is 30.3 Å². The molecule has 0 bridgehead atoms. The fraction of sp³-hybridized carbons (Fsp3) is 0.611. The Hall–Kier alpha value is -1.79. The summed E-state index contributed by atoms with van der Waals surface area (Å²) in [6, 6.07) is -0.338. The Bertz CT molecular complexity index is 767. The van der Waals surface area contributed by atoms with Crippen molar-refractivity contribution in [3.63, 3.8) is 0 Å². The van der Waals surface area contributed by atoms with E-state index in [0.29, 0.717) is 16.6 Å². The monoisotopic (exact) mass is 468 g/mol. The van der Waals surface area contributed by atoms with E-state index in [1.165, 1.54) is 40.3 Å². The standard InChI is InChI=1S/C18H23F3N2O5S2/c1-17(27,6-3-7-18(19,20)21)5-2-4-12-10-28-16(26)23(12)8-9-29-15-22-13(11-30-15)14(24)25/h2,4,11-12,27H,3,5-10H2,1H3,(H,24,25)/b4-2+/t12-,17+/m0/s1. The number of carbonyl (C=O) groups excluding carboxylic acids is 1. The van der Waals surface area contributed by atoms with Crippen molar-refractivity contribution in [1.82, 2.24) is 9.88 Å². The summed E-state index contributed by atoms with van der Waals surface area (Å²) in [6.45, 7) is 1.98. The van der Waals surface area contributed by atoms with E-state index in [-0.39, 0.29) is 37.6 Å². The van der Waals surface area contributed by atoms with Crippen LogP contribution in [0.1, 0.15) is 43.1 Å². The number of nitrogens with zero attached hydrogens (tertiary/aromatic N) is 2. The van der Waals surface area contributed by atoms with Crippen molar-refractivity contribution in [2.45, 2.75) is 54.8 Å². The number of carbonyl (C=O) groups is 2. The molecule has 1 aromatic rings. The van der Waals surface area contributed by atoms with Gasteiger partial charge in [0.1, 0.15) is 6.61 Å². The number of cyclic esters (lactones) is 1. The maximum atomic E-state index is 12.2. The van der Waals surface area contributed by atoms with Crippen LogP contribution >= 0.6 is 23.1 Å². The zero-order valence-electron chi connectivity index (χ0n) is 16.2. The van der Waals surface area contributed by atoms with E-state index >= 15 is 0 Å². The van der Waals surface area contributed by atoms with Gasteiger partial charge in [0, 0.05) is 24.1 Å². The highest BCUT2D eigenvalue weighted by molar-refractivity contribution is 8.01. The Kier molecular flexibility index (Phi) is 8.56. The Morgan fingerprint density at radius 2 is 2.20 bits per heavy atom. The van der Waals surface area contributed by atoms with Gasteiger partial charge in [0.25, 0.3) is 0 Å². The van der Waals surface area contributed by atoms with Crippen molar-refractivity contribution in [1.29, 1.82) is 0 Å². The van der Waals surface area contributed by atoms with Gasteiger partial charge in [0.2, 0.25) is 0 Å². The van der Waals surface area contributed by atoms with Gasteiger partial charge in [-0.05, 0) is 26.2 Å². The van der Waals surface area contributed by atoms with Crippen LogP contribution in [0.4, 0.5) is 18.0 Å². The zero-order chi connectivity index (χ0) is 22.4. The molecular weight excluding hydrogens is 445 g/mol. The molecule has 12 heteroatoms. The number of thioether (sulfide) groups is 1. The summed E-state index contributed by atoms with van der Waals surface area (Å²) in [5, 5.41) is 20.6. The van der Waals surface area contributed by atoms with Crippen molar-refractivity contribution >= 4 is 35.2 Å². The molecule has 0 unspecified atom stereocenters. The molecule has 0 aromatic carbocycles. The van der Waals surface area contributed by atoms with Crippen LogP contribution < -0.4 is 0 Å². The third kappa shape index (κ3) is 8.15.